The average molecular weight is 315 g/mol. The monoisotopic (exact) mass is 315 g/mol. The fourth-order valence-electron chi connectivity index (χ4n) is 2.11. The molecule has 1 fully saturated rings. The molecule has 0 saturated carbocycles. The van der Waals surface area contributed by atoms with E-state index in [1.54, 1.807) is 0 Å². The molecule has 3 heterocycles. The fraction of sp³-hybridized carbons (Fsp3) is 0.636. The zero-order valence-corrected chi connectivity index (χ0v) is 12.6. The Hall–Kier alpha value is -1.06. The Balaban J connectivity index is 1.57. The van der Waals surface area contributed by atoms with E-state index >= 15 is 0 Å². The maximum Gasteiger partial charge on any atom is 0.277 e. The zero-order chi connectivity index (χ0) is 13.9. The first-order chi connectivity index (χ1) is 9.74. The minimum absolute atomic E-state index is 0.126. The fourth-order valence-corrected chi connectivity index (χ4v) is 4.79. The van der Waals surface area contributed by atoms with Crippen LogP contribution in [-0.2, 0) is 4.74 Å². The van der Waals surface area contributed by atoms with Gasteiger partial charge in [-0.25, -0.2) is 0 Å². The van der Waals surface area contributed by atoms with E-state index in [1.807, 2.05) is 28.4 Å². The molecule has 0 radical (unpaired) electrons. The van der Waals surface area contributed by atoms with Crippen LogP contribution < -0.4 is 21.5 Å². The maximum atomic E-state index is 11.7. The highest BCUT2D eigenvalue weighted by Crippen LogP contribution is 2.31. The van der Waals surface area contributed by atoms with E-state index in [4.69, 9.17) is 10.5 Å². The van der Waals surface area contributed by atoms with Gasteiger partial charge in [-0.1, -0.05) is 0 Å². The molecule has 2 aliphatic heterocycles. The van der Waals surface area contributed by atoms with Gasteiger partial charge in [-0.15, -0.1) is 23.5 Å². The van der Waals surface area contributed by atoms with Crippen LogP contribution in [0.1, 0.15) is 6.42 Å². The number of hydrogen-bond donors (Lipinski definition) is 3. The summed E-state index contributed by atoms with van der Waals surface area (Å²) in [6.07, 6.45) is 1.28. The summed E-state index contributed by atoms with van der Waals surface area (Å²) in [4.78, 5) is 20.2. The lowest BCUT2D eigenvalue weighted by Crippen LogP contribution is -2.28. The summed E-state index contributed by atoms with van der Waals surface area (Å²) >= 11 is 3.90. The highest BCUT2D eigenvalue weighted by Gasteiger charge is 2.24. The maximum absolute atomic E-state index is 11.7. The molecule has 0 aromatic carbocycles. The number of nitrogens with one attached hydrogen (secondary N) is 2. The van der Waals surface area contributed by atoms with Crippen molar-refractivity contribution in [3.63, 3.8) is 0 Å². The first-order valence-electron chi connectivity index (χ1n) is 6.43. The number of rotatable bonds is 4. The van der Waals surface area contributed by atoms with Crippen LogP contribution in [0.3, 0.4) is 0 Å². The van der Waals surface area contributed by atoms with Gasteiger partial charge in [0.2, 0.25) is 5.95 Å². The first kappa shape index (κ1) is 13.9. The molecule has 0 atom stereocenters. The Morgan fingerprint density at radius 1 is 1.45 bits per heavy atom. The number of aromatic nitrogens is 2. The van der Waals surface area contributed by atoms with Gasteiger partial charge in [0.25, 0.3) is 5.56 Å². The lowest BCUT2D eigenvalue weighted by molar-refractivity contribution is 0.147. The quantitative estimate of drug-likeness (QED) is 0.748. The number of H-pyrrole nitrogens is 1. The largest absolute Gasteiger partial charge is 0.369 e. The number of nitrogens with two attached hydrogens (primary N) is 1. The molecule has 4 N–H and O–H groups in total. The number of nitrogens with zero attached hydrogens (tertiary/aromatic N) is 2. The van der Waals surface area contributed by atoms with Gasteiger partial charge in [-0.3, -0.25) is 9.78 Å². The average Bonchev–Trinajstić information content (AvgIpc) is 2.83. The van der Waals surface area contributed by atoms with Crippen LogP contribution >= 0.6 is 23.5 Å². The molecule has 0 bridgehead atoms. The number of nitrogen functional groups attached to an aromatic ring is 1. The summed E-state index contributed by atoms with van der Waals surface area (Å²) in [5, 5.41) is 3.01. The smallest absolute Gasteiger partial charge is 0.277 e. The number of thioether (sulfide) groups is 2. The summed E-state index contributed by atoms with van der Waals surface area (Å²) in [6, 6.07) is 0. The van der Waals surface area contributed by atoms with Gasteiger partial charge in [0.05, 0.1) is 17.9 Å². The van der Waals surface area contributed by atoms with Gasteiger partial charge < -0.3 is 20.7 Å². The van der Waals surface area contributed by atoms with E-state index in [-0.39, 0.29) is 11.5 Å². The van der Waals surface area contributed by atoms with Crippen LogP contribution in [0.25, 0.3) is 0 Å². The van der Waals surface area contributed by atoms with Gasteiger partial charge >= 0.3 is 0 Å². The summed E-state index contributed by atoms with van der Waals surface area (Å²) in [6.45, 7) is 1.63. The summed E-state index contributed by atoms with van der Waals surface area (Å²) in [5.74, 6) is 3.11. The highest BCUT2D eigenvalue weighted by atomic mass is 32.2. The van der Waals surface area contributed by atoms with Gasteiger partial charge in [-0.05, 0) is 17.9 Å². The third kappa shape index (κ3) is 2.99. The molecule has 0 amide bonds. The third-order valence-electron chi connectivity index (χ3n) is 3.06. The van der Waals surface area contributed by atoms with Crippen LogP contribution in [0.15, 0.2) is 4.79 Å². The van der Waals surface area contributed by atoms with E-state index in [2.05, 4.69) is 15.3 Å². The number of ether oxygens (including phenoxy) is 1. The normalized spacial score (nSPS) is 18.9. The van der Waals surface area contributed by atoms with Crippen LogP contribution in [-0.4, -0.2) is 46.1 Å². The second kappa shape index (κ2) is 6.15. The van der Waals surface area contributed by atoms with Crippen molar-refractivity contribution >= 4 is 41.0 Å². The second-order valence-electron chi connectivity index (χ2n) is 4.55. The number of hydrogen-bond acceptors (Lipinski definition) is 8. The number of fused-ring (bicyclic) bond motifs is 1. The molecular weight excluding hydrogens is 298 g/mol. The predicted molar refractivity (Wildman–Crippen MR) is 84.4 cm³/mol. The van der Waals surface area contributed by atoms with Crippen LogP contribution in [0.5, 0.6) is 0 Å². The Bertz CT molecular complexity index is 532. The zero-order valence-electron chi connectivity index (χ0n) is 10.9. The van der Waals surface area contributed by atoms with Gasteiger partial charge in [-0.2, -0.15) is 4.98 Å². The summed E-state index contributed by atoms with van der Waals surface area (Å²) in [7, 11) is 0. The van der Waals surface area contributed by atoms with Crippen molar-refractivity contribution in [1.82, 2.24) is 9.97 Å². The van der Waals surface area contributed by atoms with Crippen molar-refractivity contribution in [1.29, 1.82) is 0 Å². The second-order valence-corrected chi connectivity index (χ2v) is 7.47. The first-order valence-corrected chi connectivity index (χ1v) is 8.53. The van der Waals surface area contributed by atoms with E-state index in [0.29, 0.717) is 36.1 Å². The van der Waals surface area contributed by atoms with E-state index in [1.165, 1.54) is 17.9 Å². The molecule has 3 rings (SSSR count). The molecule has 2 aliphatic rings. The molecule has 1 saturated heterocycles. The molecule has 1 aromatic rings. The standard InChI is InChI=1S/C11H17N5O2S2/c12-11-14-9-8(10(17)15-11)13-5-16(9)6-18-4-7-19-2-1-3-20-7/h7,13H,1-6H2,(H3,12,14,15,17). The molecule has 1 aromatic heterocycles. The minimum atomic E-state index is -0.242. The van der Waals surface area contributed by atoms with Crippen molar-refractivity contribution in [3.8, 4) is 0 Å². The molecule has 7 nitrogen and oxygen atoms in total. The van der Waals surface area contributed by atoms with Gasteiger partial charge in [0.15, 0.2) is 5.82 Å². The van der Waals surface area contributed by atoms with Gasteiger partial charge in [0, 0.05) is 0 Å². The van der Waals surface area contributed by atoms with Gasteiger partial charge in [0.1, 0.15) is 12.4 Å². The Kier molecular flexibility index (Phi) is 4.27. The summed E-state index contributed by atoms with van der Waals surface area (Å²) < 4.78 is 6.26. The van der Waals surface area contributed by atoms with Crippen molar-refractivity contribution < 1.29 is 4.74 Å². The van der Waals surface area contributed by atoms with E-state index < -0.39 is 0 Å². The number of anilines is 3. The van der Waals surface area contributed by atoms with Crippen molar-refractivity contribution in [2.24, 2.45) is 0 Å². The SMILES string of the molecule is Nc1nc2c(c(=O)[nH]1)NCN2COCC1SCCCS1. The van der Waals surface area contributed by atoms with Crippen LogP contribution in [0.4, 0.5) is 17.5 Å². The molecular formula is C11H17N5O2S2. The van der Waals surface area contributed by atoms with E-state index in [0.717, 1.165) is 0 Å². The third-order valence-corrected chi connectivity index (χ3v) is 5.94. The topological polar surface area (TPSA) is 96.3 Å². The number of aromatic amines is 1. The molecule has 0 aliphatic carbocycles. The van der Waals surface area contributed by atoms with Crippen LogP contribution in [0.2, 0.25) is 0 Å². The molecule has 9 heteroatoms. The minimum Gasteiger partial charge on any atom is -0.369 e. The molecule has 0 spiro atoms. The summed E-state index contributed by atoms with van der Waals surface area (Å²) in [5.41, 5.74) is 5.79. The van der Waals surface area contributed by atoms with E-state index in [9.17, 15) is 4.79 Å². The lowest BCUT2D eigenvalue weighted by atomic mass is 10.5. The molecule has 110 valence electrons. The Morgan fingerprint density at radius 3 is 3.05 bits per heavy atom. The van der Waals surface area contributed by atoms with Crippen molar-refractivity contribution in [2.75, 3.05) is 47.5 Å². The Morgan fingerprint density at radius 2 is 2.25 bits per heavy atom. The predicted octanol–water partition coefficient (Wildman–Crippen LogP) is 0.712. The van der Waals surface area contributed by atoms with Crippen molar-refractivity contribution in [2.45, 2.75) is 11.0 Å². The molecule has 20 heavy (non-hydrogen) atoms. The molecule has 0 unspecified atom stereocenters. The Labute approximate surface area is 125 Å². The van der Waals surface area contributed by atoms with Crippen LogP contribution in [0, 0.1) is 0 Å². The van der Waals surface area contributed by atoms with Crippen molar-refractivity contribution in [3.05, 3.63) is 10.4 Å². The lowest BCUT2D eigenvalue weighted by Gasteiger charge is -2.22. The highest BCUT2D eigenvalue weighted by molar-refractivity contribution is 8.17.